The molecule has 7 nitrogen and oxygen atoms in total. The Kier molecular flexibility index (Phi) is 8.85. The number of benzene rings is 1. The highest BCUT2D eigenvalue weighted by Gasteiger charge is 2.56. The molecule has 2 heterocycles. The maximum atomic E-state index is 13.2. The highest BCUT2D eigenvalue weighted by molar-refractivity contribution is 5.95. The van der Waals surface area contributed by atoms with E-state index < -0.39 is 10.5 Å². The largest absolute Gasteiger partial charge is 0.346 e. The first kappa shape index (κ1) is 24.0. The van der Waals surface area contributed by atoms with Crippen molar-refractivity contribution >= 4 is 23.4 Å². The van der Waals surface area contributed by atoms with Gasteiger partial charge < -0.3 is 0 Å². The Morgan fingerprint density at radius 2 is 1.34 bits per heavy atom. The molecule has 0 bridgehead atoms. The molecular formula is C25H35N4O3+. The van der Waals surface area contributed by atoms with Crippen molar-refractivity contribution in [1.29, 1.82) is 0 Å². The van der Waals surface area contributed by atoms with E-state index in [1.165, 1.54) is 51.0 Å². The lowest BCUT2D eigenvalue weighted by molar-refractivity contribution is -0.779. The minimum Gasteiger partial charge on any atom is -0.266 e. The van der Waals surface area contributed by atoms with E-state index in [1.807, 2.05) is 30.3 Å². The number of azo groups is 1. The monoisotopic (exact) mass is 439 g/mol. The minimum atomic E-state index is -0.475. The van der Waals surface area contributed by atoms with Crippen molar-refractivity contribution < 1.29 is 19.0 Å². The molecule has 0 saturated carbocycles. The summed E-state index contributed by atoms with van der Waals surface area (Å²) >= 11 is 0. The van der Waals surface area contributed by atoms with Gasteiger partial charge in [0.05, 0.1) is 24.6 Å². The number of anilines is 1. The lowest BCUT2D eigenvalue weighted by Gasteiger charge is -2.38. The number of rotatable bonds is 14. The first-order valence-corrected chi connectivity index (χ1v) is 12.1. The van der Waals surface area contributed by atoms with E-state index in [4.69, 9.17) is 0 Å². The fourth-order valence-electron chi connectivity index (χ4n) is 4.57. The van der Waals surface area contributed by atoms with Crippen molar-refractivity contribution in [3.8, 4) is 0 Å². The predicted molar refractivity (Wildman–Crippen MR) is 123 cm³/mol. The summed E-state index contributed by atoms with van der Waals surface area (Å²) in [6.07, 6.45) is 13.5. The summed E-state index contributed by atoms with van der Waals surface area (Å²) in [7, 11) is 0. The molecule has 1 saturated heterocycles. The number of para-hydroxylation sites is 1. The molecule has 0 N–H and O–H groups in total. The van der Waals surface area contributed by atoms with Gasteiger partial charge in [-0.15, -0.1) is 10.2 Å². The number of carbonyl (C=O) groups is 3. The molecule has 0 atom stereocenters. The van der Waals surface area contributed by atoms with Crippen LogP contribution in [0.3, 0.4) is 0 Å². The Labute approximate surface area is 190 Å². The smallest absolute Gasteiger partial charge is 0.266 e. The van der Waals surface area contributed by atoms with E-state index >= 15 is 0 Å². The average molecular weight is 440 g/mol. The highest BCUT2D eigenvalue weighted by Crippen LogP contribution is 2.36. The lowest BCUT2D eigenvalue weighted by atomic mass is 10.1. The van der Waals surface area contributed by atoms with Crippen LogP contribution in [0, 0.1) is 0 Å². The van der Waals surface area contributed by atoms with Gasteiger partial charge in [-0.05, 0) is 25.0 Å². The second kappa shape index (κ2) is 11.8. The number of amides is 3. The van der Waals surface area contributed by atoms with Gasteiger partial charge >= 0.3 is 11.8 Å². The normalized spacial score (nSPS) is 17.3. The SMILES string of the molecule is CCCCCCCCCCCC[N+]1(N(C2=CC(=O)N=N2)c2ccccc2)C(=O)CCC1=O. The van der Waals surface area contributed by atoms with Gasteiger partial charge in [0, 0.05) is 0 Å². The zero-order chi connectivity index (χ0) is 22.8. The molecule has 2 aliphatic rings. The summed E-state index contributed by atoms with van der Waals surface area (Å²) in [5, 5.41) is 9.20. The van der Waals surface area contributed by atoms with Crippen LogP contribution in [0.5, 0.6) is 0 Å². The van der Waals surface area contributed by atoms with Gasteiger partial charge in [0.15, 0.2) is 0 Å². The first-order valence-electron chi connectivity index (χ1n) is 12.1. The van der Waals surface area contributed by atoms with Crippen LogP contribution in [0.1, 0.15) is 84.0 Å². The van der Waals surface area contributed by atoms with E-state index in [0.29, 0.717) is 12.2 Å². The fourth-order valence-corrected chi connectivity index (χ4v) is 4.57. The summed E-state index contributed by atoms with van der Waals surface area (Å²) < 4.78 is -0.431. The summed E-state index contributed by atoms with van der Waals surface area (Å²) in [5.74, 6) is -0.524. The van der Waals surface area contributed by atoms with Crippen molar-refractivity contribution in [3.63, 3.8) is 0 Å². The molecule has 172 valence electrons. The molecule has 0 radical (unpaired) electrons. The summed E-state index contributed by atoms with van der Waals surface area (Å²) in [5.41, 5.74) is 0.656. The van der Waals surface area contributed by atoms with Crippen LogP contribution in [-0.4, -0.2) is 28.9 Å². The molecule has 0 aliphatic carbocycles. The maximum Gasteiger partial charge on any atom is 0.346 e. The molecule has 0 unspecified atom stereocenters. The van der Waals surface area contributed by atoms with Gasteiger partial charge in [-0.25, -0.2) is 9.59 Å². The number of imide groups is 1. The molecule has 0 aromatic heterocycles. The second-order valence-electron chi connectivity index (χ2n) is 8.65. The fraction of sp³-hybridized carbons (Fsp3) is 0.560. The summed E-state index contributed by atoms with van der Waals surface area (Å²) in [6.45, 7) is 2.61. The van der Waals surface area contributed by atoms with Crippen molar-refractivity contribution in [2.24, 2.45) is 10.2 Å². The van der Waals surface area contributed by atoms with E-state index in [9.17, 15) is 14.4 Å². The predicted octanol–water partition coefficient (Wildman–Crippen LogP) is 5.83. The first-order chi connectivity index (χ1) is 15.6. The van der Waals surface area contributed by atoms with Crippen LogP contribution >= 0.6 is 0 Å². The third-order valence-corrected chi connectivity index (χ3v) is 6.28. The van der Waals surface area contributed by atoms with Crippen LogP contribution in [-0.2, 0) is 14.4 Å². The van der Waals surface area contributed by atoms with Gasteiger partial charge in [0.1, 0.15) is 6.54 Å². The maximum absolute atomic E-state index is 13.2. The third-order valence-electron chi connectivity index (χ3n) is 6.28. The van der Waals surface area contributed by atoms with Crippen LogP contribution in [0.15, 0.2) is 52.5 Å². The number of hydrogen-bond acceptors (Lipinski definition) is 5. The van der Waals surface area contributed by atoms with Crippen molar-refractivity contribution in [2.45, 2.75) is 84.0 Å². The zero-order valence-corrected chi connectivity index (χ0v) is 19.2. The van der Waals surface area contributed by atoms with E-state index in [1.54, 1.807) is 5.01 Å². The van der Waals surface area contributed by atoms with E-state index in [0.717, 1.165) is 19.3 Å². The van der Waals surface area contributed by atoms with Crippen molar-refractivity contribution in [2.75, 3.05) is 11.6 Å². The molecule has 7 heteroatoms. The van der Waals surface area contributed by atoms with Crippen LogP contribution in [0.4, 0.5) is 5.69 Å². The summed E-state index contributed by atoms with van der Waals surface area (Å²) in [4.78, 5) is 38.1. The standard InChI is InChI=1S/C25H35N4O3/c1-2-3-4-5-6-7-8-9-10-14-19-29(24(31)17-18-25(29)32)28(21-15-12-11-13-16-21)22-20-23(30)27-26-22/h11-13,15-16,20H,2-10,14,17-19H2,1H3/q+1. The number of unbranched alkanes of at least 4 members (excludes halogenated alkanes) is 9. The number of hydrogen-bond donors (Lipinski definition) is 0. The van der Waals surface area contributed by atoms with Crippen LogP contribution in [0.2, 0.25) is 0 Å². The molecule has 1 aromatic rings. The molecule has 0 spiro atoms. The van der Waals surface area contributed by atoms with Gasteiger partial charge in [0.25, 0.3) is 5.91 Å². The lowest BCUT2D eigenvalue weighted by Crippen LogP contribution is -2.63. The Morgan fingerprint density at radius 3 is 1.88 bits per heavy atom. The second-order valence-corrected chi connectivity index (χ2v) is 8.65. The molecule has 3 amide bonds. The molecule has 32 heavy (non-hydrogen) atoms. The van der Waals surface area contributed by atoms with Gasteiger partial charge in [-0.3, -0.25) is 4.79 Å². The Hall–Kier alpha value is -2.67. The minimum absolute atomic E-state index is 0.148. The highest BCUT2D eigenvalue weighted by atomic mass is 16.2. The molecular weight excluding hydrogens is 404 g/mol. The quantitative estimate of drug-likeness (QED) is 0.208. The van der Waals surface area contributed by atoms with Crippen molar-refractivity contribution in [1.82, 2.24) is 0 Å². The molecule has 2 aliphatic heterocycles. The number of carbonyl (C=O) groups excluding carboxylic acids is 3. The zero-order valence-electron chi connectivity index (χ0n) is 19.2. The molecule has 1 aromatic carbocycles. The number of quaternary nitrogens is 1. The van der Waals surface area contributed by atoms with Gasteiger partial charge in [-0.2, -0.15) is 5.01 Å². The Bertz CT molecular complexity index is 847. The Morgan fingerprint density at radius 1 is 0.781 bits per heavy atom. The summed E-state index contributed by atoms with van der Waals surface area (Å²) in [6, 6.07) is 9.22. The molecule has 1 fully saturated rings. The molecule has 3 rings (SSSR count). The number of nitrogens with zero attached hydrogens (tertiary/aromatic N) is 4. The topological polar surface area (TPSA) is 79.2 Å². The van der Waals surface area contributed by atoms with Crippen LogP contribution < -0.4 is 5.01 Å². The number of likely N-dealkylation sites (tertiary alicyclic amines) is 1. The third kappa shape index (κ3) is 5.57. The van der Waals surface area contributed by atoms with Gasteiger partial charge in [0.2, 0.25) is 5.82 Å². The van der Waals surface area contributed by atoms with E-state index in [-0.39, 0.29) is 30.5 Å². The Balaban J connectivity index is 1.68. The average Bonchev–Trinajstić information content (AvgIpc) is 3.34. The van der Waals surface area contributed by atoms with Gasteiger partial charge in [-0.1, -0.05) is 81.1 Å². The van der Waals surface area contributed by atoms with Crippen molar-refractivity contribution in [3.05, 3.63) is 42.2 Å². The van der Waals surface area contributed by atoms with Crippen LogP contribution in [0.25, 0.3) is 0 Å². The van der Waals surface area contributed by atoms with E-state index in [2.05, 4.69) is 17.2 Å².